The van der Waals surface area contributed by atoms with E-state index >= 15 is 0 Å². The van der Waals surface area contributed by atoms with Gasteiger partial charge in [-0.1, -0.05) is 12.2 Å². The van der Waals surface area contributed by atoms with E-state index in [1.807, 2.05) is 12.2 Å². The first-order valence-corrected chi connectivity index (χ1v) is 7.66. The molecule has 24 heavy (non-hydrogen) atoms. The molecule has 4 unspecified atom stereocenters. The number of carbonyl (C=O) groups excluding carboxylic acids is 2. The third kappa shape index (κ3) is 2.97. The minimum absolute atomic E-state index is 0.0173. The molecular formula is C17H18N2O5. The minimum Gasteiger partial charge on any atom is -0.481 e. The Hall–Kier alpha value is -2.83. The van der Waals surface area contributed by atoms with E-state index in [9.17, 15) is 19.5 Å². The highest BCUT2D eigenvalue weighted by Crippen LogP contribution is 2.48. The molecule has 7 heteroatoms. The van der Waals surface area contributed by atoms with Crippen LogP contribution in [0.2, 0.25) is 0 Å². The maximum absolute atomic E-state index is 12.5. The molecule has 7 nitrogen and oxygen atoms in total. The van der Waals surface area contributed by atoms with Crippen molar-refractivity contribution < 1.29 is 24.2 Å². The lowest BCUT2D eigenvalue weighted by Crippen LogP contribution is -2.36. The van der Waals surface area contributed by atoms with E-state index in [4.69, 9.17) is 0 Å². The molecule has 0 aliphatic heterocycles. The molecule has 1 aromatic carbocycles. The van der Waals surface area contributed by atoms with E-state index in [2.05, 4.69) is 15.4 Å². The van der Waals surface area contributed by atoms with Gasteiger partial charge in [-0.25, -0.2) is 4.79 Å². The van der Waals surface area contributed by atoms with Crippen LogP contribution in [0.5, 0.6) is 0 Å². The highest BCUT2D eigenvalue weighted by atomic mass is 16.5. The SMILES string of the molecule is COC(=O)Nc1ccc(NC(=O)C2C3C=CC(C3)C2C(=O)O)cc1. The molecular weight excluding hydrogens is 312 g/mol. The average Bonchev–Trinajstić information content (AvgIpc) is 3.17. The highest BCUT2D eigenvalue weighted by Gasteiger charge is 2.51. The molecule has 0 heterocycles. The molecule has 126 valence electrons. The van der Waals surface area contributed by atoms with Gasteiger partial charge in [0.1, 0.15) is 0 Å². The van der Waals surface area contributed by atoms with E-state index in [0.717, 1.165) is 6.42 Å². The number of anilines is 2. The second-order valence-corrected chi connectivity index (χ2v) is 6.02. The van der Waals surface area contributed by atoms with E-state index in [1.54, 1.807) is 24.3 Å². The van der Waals surface area contributed by atoms with Gasteiger partial charge < -0.3 is 15.2 Å². The van der Waals surface area contributed by atoms with Gasteiger partial charge in [-0.15, -0.1) is 0 Å². The number of ether oxygens (including phenoxy) is 1. The zero-order valence-corrected chi connectivity index (χ0v) is 13.1. The van der Waals surface area contributed by atoms with Crippen LogP contribution in [0.25, 0.3) is 0 Å². The Morgan fingerprint density at radius 2 is 1.54 bits per heavy atom. The molecule has 0 spiro atoms. The van der Waals surface area contributed by atoms with Crippen molar-refractivity contribution >= 4 is 29.3 Å². The first kappa shape index (κ1) is 16.0. The van der Waals surface area contributed by atoms with Gasteiger partial charge in [-0.3, -0.25) is 14.9 Å². The number of rotatable bonds is 4. The number of aliphatic carboxylic acids is 1. The Morgan fingerprint density at radius 1 is 1.00 bits per heavy atom. The van der Waals surface area contributed by atoms with E-state index in [1.165, 1.54) is 7.11 Å². The molecule has 0 saturated heterocycles. The van der Waals surface area contributed by atoms with Crippen LogP contribution >= 0.6 is 0 Å². The summed E-state index contributed by atoms with van der Waals surface area (Å²) in [6.07, 6.45) is 3.99. The molecule has 3 N–H and O–H groups in total. The number of carboxylic acid groups (broad SMARTS) is 1. The summed E-state index contributed by atoms with van der Waals surface area (Å²) >= 11 is 0. The maximum atomic E-state index is 12.5. The quantitative estimate of drug-likeness (QED) is 0.735. The molecule has 2 amide bonds. The number of nitrogens with one attached hydrogen (secondary N) is 2. The van der Waals surface area contributed by atoms with Crippen LogP contribution in [-0.2, 0) is 14.3 Å². The van der Waals surface area contributed by atoms with Crippen molar-refractivity contribution in [3.8, 4) is 0 Å². The molecule has 4 atom stereocenters. The van der Waals surface area contributed by atoms with Crippen molar-refractivity contribution in [3.05, 3.63) is 36.4 Å². The van der Waals surface area contributed by atoms with E-state index in [-0.39, 0.29) is 17.7 Å². The molecule has 2 aliphatic carbocycles. The third-order valence-corrected chi connectivity index (χ3v) is 4.63. The number of hydrogen-bond acceptors (Lipinski definition) is 4. The summed E-state index contributed by atoms with van der Waals surface area (Å²) in [6, 6.07) is 6.54. The second-order valence-electron chi connectivity index (χ2n) is 6.02. The number of carboxylic acids is 1. The zero-order valence-electron chi connectivity index (χ0n) is 13.1. The van der Waals surface area contributed by atoms with Gasteiger partial charge in [0, 0.05) is 11.4 Å². The predicted molar refractivity (Wildman–Crippen MR) is 86.5 cm³/mol. The number of methoxy groups -OCH3 is 1. The predicted octanol–water partition coefficient (Wildman–Crippen LogP) is 2.33. The van der Waals surface area contributed by atoms with Crippen LogP contribution < -0.4 is 10.6 Å². The van der Waals surface area contributed by atoms with Crippen molar-refractivity contribution in [2.24, 2.45) is 23.7 Å². The minimum atomic E-state index is -0.926. The normalized spacial score (nSPS) is 26.9. The largest absolute Gasteiger partial charge is 0.481 e. The summed E-state index contributed by atoms with van der Waals surface area (Å²) < 4.78 is 4.50. The van der Waals surface area contributed by atoms with Crippen LogP contribution in [0.3, 0.4) is 0 Å². The summed E-state index contributed by atoms with van der Waals surface area (Å²) in [5, 5.41) is 14.7. The molecule has 1 saturated carbocycles. The van der Waals surface area contributed by atoms with Crippen LogP contribution in [-0.4, -0.2) is 30.2 Å². The second kappa shape index (κ2) is 6.35. The van der Waals surface area contributed by atoms with E-state index < -0.39 is 23.9 Å². The van der Waals surface area contributed by atoms with Gasteiger partial charge >= 0.3 is 12.1 Å². The van der Waals surface area contributed by atoms with Crippen molar-refractivity contribution in [2.45, 2.75) is 6.42 Å². The fourth-order valence-electron chi connectivity index (χ4n) is 3.55. The lowest BCUT2D eigenvalue weighted by molar-refractivity contribution is -0.146. The Morgan fingerprint density at radius 3 is 2.08 bits per heavy atom. The summed E-state index contributed by atoms with van der Waals surface area (Å²) in [4.78, 5) is 35.1. The molecule has 1 fully saturated rings. The number of amides is 2. The third-order valence-electron chi connectivity index (χ3n) is 4.63. The topological polar surface area (TPSA) is 105 Å². The Labute approximate surface area is 138 Å². The first-order valence-electron chi connectivity index (χ1n) is 7.66. The number of hydrogen-bond donors (Lipinski definition) is 3. The number of benzene rings is 1. The monoisotopic (exact) mass is 330 g/mol. The van der Waals surface area contributed by atoms with Gasteiger partial charge in [-0.2, -0.15) is 0 Å². The fourth-order valence-corrected chi connectivity index (χ4v) is 3.55. The Bertz CT molecular complexity index is 697. The van der Waals surface area contributed by atoms with Gasteiger partial charge in [0.15, 0.2) is 0 Å². The number of allylic oxidation sites excluding steroid dienone is 2. The molecule has 1 aromatic rings. The van der Waals surface area contributed by atoms with Crippen molar-refractivity contribution in [3.63, 3.8) is 0 Å². The Kier molecular flexibility index (Phi) is 4.24. The van der Waals surface area contributed by atoms with Gasteiger partial charge in [0.05, 0.1) is 18.9 Å². The van der Waals surface area contributed by atoms with Crippen molar-refractivity contribution in [1.29, 1.82) is 0 Å². The van der Waals surface area contributed by atoms with Gasteiger partial charge in [0.2, 0.25) is 5.91 Å². The smallest absolute Gasteiger partial charge is 0.411 e. The average molecular weight is 330 g/mol. The molecule has 2 bridgehead atoms. The zero-order chi connectivity index (χ0) is 17.3. The van der Waals surface area contributed by atoms with Crippen LogP contribution in [0, 0.1) is 23.7 Å². The first-order chi connectivity index (χ1) is 11.5. The molecule has 2 aliphatic rings. The molecule has 0 aromatic heterocycles. The molecule has 0 radical (unpaired) electrons. The Balaban J connectivity index is 1.67. The summed E-state index contributed by atoms with van der Waals surface area (Å²) in [6.45, 7) is 0. The summed E-state index contributed by atoms with van der Waals surface area (Å²) in [7, 11) is 1.27. The lowest BCUT2D eigenvalue weighted by Gasteiger charge is -2.23. The summed E-state index contributed by atoms with van der Waals surface area (Å²) in [5.74, 6) is -2.51. The fraction of sp³-hybridized carbons (Fsp3) is 0.353. The van der Waals surface area contributed by atoms with Gasteiger partial charge in [0.25, 0.3) is 0 Å². The van der Waals surface area contributed by atoms with Crippen molar-refractivity contribution in [2.75, 3.05) is 17.7 Å². The van der Waals surface area contributed by atoms with Crippen LogP contribution in [0.1, 0.15) is 6.42 Å². The van der Waals surface area contributed by atoms with E-state index in [0.29, 0.717) is 11.4 Å². The number of fused-ring (bicyclic) bond motifs is 2. The van der Waals surface area contributed by atoms with Crippen molar-refractivity contribution in [1.82, 2.24) is 0 Å². The van der Waals surface area contributed by atoms with Crippen LogP contribution in [0.4, 0.5) is 16.2 Å². The number of carbonyl (C=O) groups is 3. The maximum Gasteiger partial charge on any atom is 0.411 e. The standard InChI is InChI=1S/C17H18N2O5/c1-24-17(23)19-12-6-4-11(5-7-12)18-15(20)13-9-2-3-10(8-9)14(13)16(21)22/h2-7,9-10,13-14H,8H2,1H3,(H,18,20)(H,19,23)(H,21,22). The highest BCUT2D eigenvalue weighted by molar-refractivity contribution is 5.96. The van der Waals surface area contributed by atoms with Gasteiger partial charge in [-0.05, 0) is 42.5 Å². The lowest BCUT2D eigenvalue weighted by atomic mass is 9.82. The summed E-state index contributed by atoms with van der Waals surface area (Å²) in [5.41, 5.74) is 1.08. The molecule has 3 rings (SSSR count). The van der Waals surface area contributed by atoms with Crippen LogP contribution in [0.15, 0.2) is 36.4 Å².